The number of carbonyl (C=O) groups is 2. The summed E-state index contributed by atoms with van der Waals surface area (Å²) >= 11 is 1.41. The lowest BCUT2D eigenvalue weighted by Gasteiger charge is -2.17. The molecule has 1 aromatic rings. The SMILES string of the molecule is CC(C)(C)CCOC(=O)CCCNC(=O)c1cccs1. The maximum absolute atomic E-state index is 11.6. The molecule has 5 heteroatoms. The Morgan fingerprint density at radius 3 is 2.70 bits per heavy atom. The third-order valence-electron chi connectivity index (χ3n) is 2.70. The van der Waals surface area contributed by atoms with E-state index in [4.69, 9.17) is 4.74 Å². The van der Waals surface area contributed by atoms with Gasteiger partial charge in [-0.05, 0) is 29.7 Å². The molecule has 1 heterocycles. The van der Waals surface area contributed by atoms with Gasteiger partial charge in [-0.2, -0.15) is 0 Å². The Labute approximate surface area is 124 Å². The highest BCUT2D eigenvalue weighted by molar-refractivity contribution is 7.12. The van der Waals surface area contributed by atoms with E-state index >= 15 is 0 Å². The first-order chi connectivity index (χ1) is 9.38. The molecule has 0 aliphatic heterocycles. The molecule has 0 fully saturated rings. The number of carbonyl (C=O) groups excluding carboxylic acids is 2. The number of hydrogen-bond acceptors (Lipinski definition) is 4. The maximum atomic E-state index is 11.6. The number of thiophene rings is 1. The van der Waals surface area contributed by atoms with Gasteiger partial charge in [0.1, 0.15) is 0 Å². The minimum atomic E-state index is -0.195. The van der Waals surface area contributed by atoms with Crippen LogP contribution in [0.1, 0.15) is 49.7 Å². The van der Waals surface area contributed by atoms with E-state index in [2.05, 4.69) is 26.1 Å². The highest BCUT2D eigenvalue weighted by atomic mass is 32.1. The third kappa shape index (κ3) is 7.28. The Morgan fingerprint density at radius 1 is 1.35 bits per heavy atom. The van der Waals surface area contributed by atoms with Crippen LogP contribution in [0.4, 0.5) is 0 Å². The molecular weight excluding hydrogens is 274 g/mol. The van der Waals surface area contributed by atoms with Gasteiger partial charge in [0.15, 0.2) is 0 Å². The molecule has 0 saturated heterocycles. The first-order valence-corrected chi connectivity index (χ1v) is 7.74. The average Bonchev–Trinajstić information content (AvgIpc) is 2.86. The zero-order valence-electron chi connectivity index (χ0n) is 12.4. The van der Waals surface area contributed by atoms with Gasteiger partial charge in [-0.15, -0.1) is 11.3 Å². The van der Waals surface area contributed by atoms with Gasteiger partial charge in [0, 0.05) is 13.0 Å². The lowest BCUT2D eigenvalue weighted by molar-refractivity contribution is -0.144. The van der Waals surface area contributed by atoms with Crippen LogP contribution in [0, 0.1) is 5.41 Å². The normalized spacial score (nSPS) is 11.2. The van der Waals surface area contributed by atoms with Gasteiger partial charge in [0.25, 0.3) is 5.91 Å². The standard InChI is InChI=1S/C15H23NO3S/c1-15(2,3)8-10-19-13(17)7-4-9-16-14(18)12-6-5-11-20-12/h5-6,11H,4,7-10H2,1-3H3,(H,16,18). The average molecular weight is 297 g/mol. The van der Waals surface area contributed by atoms with E-state index in [1.165, 1.54) is 11.3 Å². The van der Waals surface area contributed by atoms with Crippen molar-refractivity contribution in [3.8, 4) is 0 Å². The molecule has 0 spiro atoms. The van der Waals surface area contributed by atoms with Crippen LogP contribution in [0.3, 0.4) is 0 Å². The van der Waals surface area contributed by atoms with Crippen LogP contribution in [0.2, 0.25) is 0 Å². The smallest absolute Gasteiger partial charge is 0.305 e. The summed E-state index contributed by atoms with van der Waals surface area (Å²) in [4.78, 5) is 23.8. The zero-order valence-corrected chi connectivity index (χ0v) is 13.2. The molecule has 1 amide bonds. The number of amides is 1. The molecule has 0 saturated carbocycles. The molecule has 1 aromatic heterocycles. The molecular formula is C15H23NO3S. The van der Waals surface area contributed by atoms with Crippen molar-refractivity contribution in [2.24, 2.45) is 5.41 Å². The molecule has 1 rings (SSSR count). The van der Waals surface area contributed by atoms with Crippen molar-refractivity contribution >= 4 is 23.2 Å². The van der Waals surface area contributed by atoms with Gasteiger partial charge < -0.3 is 10.1 Å². The highest BCUT2D eigenvalue weighted by Gasteiger charge is 2.11. The summed E-state index contributed by atoms with van der Waals surface area (Å²) < 4.78 is 5.15. The summed E-state index contributed by atoms with van der Waals surface area (Å²) in [5, 5.41) is 4.65. The summed E-state index contributed by atoms with van der Waals surface area (Å²) in [6.07, 6.45) is 1.80. The Balaban J connectivity index is 2.06. The molecule has 1 N–H and O–H groups in total. The van der Waals surface area contributed by atoms with Gasteiger partial charge in [-0.3, -0.25) is 9.59 Å². The fourth-order valence-corrected chi connectivity index (χ4v) is 2.11. The minimum Gasteiger partial charge on any atom is -0.466 e. The molecule has 4 nitrogen and oxygen atoms in total. The van der Waals surface area contributed by atoms with Crippen LogP contribution in [0.15, 0.2) is 17.5 Å². The van der Waals surface area contributed by atoms with Crippen molar-refractivity contribution in [2.45, 2.75) is 40.0 Å². The number of nitrogens with one attached hydrogen (secondary N) is 1. The quantitative estimate of drug-likeness (QED) is 0.621. The fraction of sp³-hybridized carbons (Fsp3) is 0.600. The Kier molecular flexibility index (Phi) is 6.71. The van der Waals surface area contributed by atoms with E-state index in [0.29, 0.717) is 30.9 Å². The van der Waals surface area contributed by atoms with Crippen LogP contribution >= 0.6 is 11.3 Å². The van der Waals surface area contributed by atoms with E-state index < -0.39 is 0 Å². The second-order valence-electron chi connectivity index (χ2n) is 5.87. The number of rotatable bonds is 7. The lowest BCUT2D eigenvalue weighted by atomic mass is 9.93. The van der Waals surface area contributed by atoms with E-state index in [-0.39, 0.29) is 17.3 Å². The monoisotopic (exact) mass is 297 g/mol. The van der Waals surface area contributed by atoms with Gasteiger partial charge in [0.2, 0.25) is 0 Å². The van der Waals surface area contributed by atoms with Crippen LogP contribution < -0.4 is 5.32 Å². The van der Waals surface area contributed by atoms with Crippen molar-refractivity contribution in [2.75, 3.05) is 13.2 Å². The van der Waals surface area contributed by atoms with Crippen molar-refractivity contribution in [3.63, 3.8) is 0 Å². The van der Waals surface area contributed by atoms with Crippen molar-refractivity contribution in [3.05, 3.63) is 22.4 Å². The second kappa shape index (κ2) is 8.04. The number of ether oxygens (including phenoxy) is 1. The summed E-state index contributed by atoms with van der Waals surface area (Å²) in [6, 6.07) is 3.62. The number of esters is 1. The van der Waals surface area contributed by atoms with Gasteiger partial charge in [0.05, 0.1) is 11.5 Å². The van der Waals surface area contributed by atoms with Crippen molar-refractivity contribution in [1.29, 1.82) is 0 Å². The van der Waals surface area contributed by atoms with Crippen LogP contribution in [-0.4, -0.2) is 25.0 Å². The highest BCUT2D eigenvalue weighted by Crippen LogP contribution is 2.18. The number of hydrogen-bond donors (Lipinski definition) is 1. The molecule has 0 radical (unpaired) electrons. The topological polar surface area (TPSA) is 55.4 Å². The van der Waals surface area contributed by atoms with Crippen LogP contribution in [0.25, 0.3) is 0 Å². The molecule has 0 aliphatic carbocycles. The maximum Gasteiger partial charge on any atom is 0.305 e. The van der Waals surface area contributed by atoms with Gasteiger partial charge in [-0.25, -0.2) is 0 Å². The van der Waals surface area contributed by atoms with Crippen molar-refractivity contribution < 1.29 is 14.3 Å². The minimum absolute atomic E-state index is 0.0823. The molecule has 0 atom stereocenters. The Morgan fingerprint density at radius 2 is 2.10 bits per heavy atom. The predicted octanol–water partition coefficient (Wildman–Crippen LogP) is 3.24. The second-order valence-corrected chi connectivity index (χ2v) is 6.82. The summed E-state index contributed by atoms with van der Waals surface area (Å²) in [7, 11) is 0. The first-order valence-electron chi connectivity index (χ1n) is 6.86. The summed E-state index contributed by atoms with van der Waals surface area (Å²) in [5.41, 5.74) is 0.176. The molecule has 20 heavy (non-hydrogen) atoms. The van der Waals surface area contributed by atoms with Crippen molar-refractivity contribution in [1.82, 2.24) is 5.32 Å². The van der Waals surface area contributed by atoms with E-state index in [1.54, 1.807) is 6.07 Å². The molecule has 0 aliphatic rings. The van der Waals surface area contributed by atoms with Crippen LogP contribution in [0.5, 0.6) is 0 Å². The zero-order chi connectivity index (χ0) is 15.0. The Bertz CT molecular complexity index is 421. The summed E-state index contributed by atoms with van der Waals surface area (Å²) in [5.74, 6) is -0.277. The fourth-order valence-electron chi connectivity index (χ4n) is 1.47. The summed E-state index contributed by atoms with van der Waals surface area (Å²) in [6.45, 7) is 7.29. The van der Waals surface area contributed by atoms with Gasteiger partial charge in [-0.1, -0.05) is 26.8 Å². The third-order valence-corrected chi connectivity index (χ3v) is 3.57. The van der Waals surface area contributed by atoms with E-state index in [1.807, 2.05) is 11.4 Å². The first kappa shape index (κ1) is 16.7. The Hall–Kier alpha value is -1.36. The van der Waals surface area contributed by atoms with E-state index in [0.717, 1.165) is 6.42 Å². The van der Waals surface area contributed by atoms with Gasteiger partial charge >= 0.3 is 5.97 Å². The van der Waals surface area contributed by atoms with Crippen LogP contribution in [-0.2, 0) is 9.53 Å². The molecule has 112 valence electrons. The molecule has 0 aromatic carbocycles. The van der Waals surface area contributed by atoms with E-state index in [9.17, 15) is 9.59 Å². The lowest BCUT2D eigenvalue weighted by Crippen LogP contribution is -2.24. The predicted molar refractivity (Wildman–Crippen MR) is 80.9 cm³/mol. The molecule has 0 bridgehead atoms. The molecule has 0 unspecified atom stereocenters. The largest absolute Gasteiger partial charge is 0.466 e.